The van der Waals surface area contributed by atoms with Crippen molar-refractivity contribution >= 4 is 22.6 Å². The van der Waals surface area contributed by atoms with Crippen LogP contribution in [0, 0.1) is 19.8 Å². The van der Waals surface area contributed by atoms with Crippen LogP contribution < -0.4 is 5.32 Å². The fraction of sp³-hybridized carbons (Fsp3) is 0.435. The van der Waals surface area contributed by atoms with E-state index in [9.17, 15) is 18.0 Å². The average molecular weight is 458 g/mol. The van der Waals surface area contributed by atoms with Gasteiger partial charge in [-0.3, -0.25) is 15.0 Å². The SMILES string of the molecule is Cc1cc(-c2n[nH]c3cc4c(cc23)CN(C2CN(CC(F)(F)F)CC2C)C(=O)N4)cc(C)n1. The fourth-order valence-electron chi connectivity index (χ4n) is 5.09. The lowest BCUT2D eigenvalue weighted by Gasteiger charge is -2.35. The van der Waals surface area contributed by atoms with E-state index in [-0.39, 0.29) is 24.5 Å². The molecule has 1 saturated heterocycles. The van der Waals surface area contributed by atoms with Crippen LogP contribution in [0.4, 0.5) is 23.7 Å². The number of benzene rings is 1. The van der Waals surface area contributed by atoms with Gasteiger partial charge in [0.05, 0.1) is 18.1 Å². The molecule has 4 heterocycles. The summed E-state index contributed by atoms with van der Waals surface area (Å²) in [4.78, 5) is 20.3. The molecule has 2 aliphatic rings. The van der Waals surface area contributed by atoms with Gasteiger partial charge in [0.15, 0.2) is 0 Å². The van der Waals surface area contributed by atoms with Crippen LogP contribution in [0.5, 0.6) is 0 Å². The number of likely N-dealkylation sites (tertiary alicyclic amines) is 1. The molecule has 0 saturated carbocycles. The molecular formula is C23H25F3N6O. The van der Waals surface area contributed by atoms with Gasteiger partial charge in [0.1, 0.15) is 5.69 Å². The Morgan fingerprint density at radius 2 is 1.85 bits per heavy atom. The van der Waals surface area contributed by atoms with E-state index in [2.05, 4.69) is 20.5 Å². The standard InChI is InChI=1S/C23H25F3N6O/c1-12-8-31(11-23(24,25)26)10-20(12)32-9-16-6-17-19(7-18(16)28-22(32)33)29-30-21(17)15-4-13(2)27-14(3)5-15/h4-7,12,20H,8-11H2,1-3H3,(H,28,33)(H,29,30). The first-order chi connectivity index (χ1) is 15.6. The molecule has 10 heteroatoms. The largest absolute Gasteiger partial charge is 0.401 e. The van der Waals surface area contributed by atoms with Crippen LogP contribution in [0.2, 0.25) is 0 Å². The number of anilines is 1. The van der Waals surface area contributed by atoms with Crippen molar-refractivity contribution in [2.45, 2.75) is 39.5 Å². The second kappa shape index (κ2) is 7.72. The normalized spacial score (nSPS) is 21.5. The lowest BCUT2D eigenvalue weighted by atomic mass is 10.00. The number of pyridine rings is 1. The monoisotopic (exact) mass is 458 g/mol. The number of H-pyrrole nitrogens is 1. The summed E-state index contributed by atoms with van der Waals surface area (Å²) in [5, 5.41) is 11.4. The smallest absolute Gasteiger partial charge is 0.316 e. The van der Waals surface area contributed by atoms with Crippen LogP contribution in [-0.2, 0) is 6.54 Å². The molecule has 2 aliphatic heterocycles. The van der Waals surface area contributed by atoms with Gasteiger partial charge in [-0.05, 0) is 49.6 Å². The zero-order valence-corrected chi connectivity index (χ0v) is 18.6. The van der Waals surface area contributed by atoms with Crippen LogP contribution in [-0.4, -0.2) is 62.9 Å². The number of aromatic amines is 1. The molecule has 2 aromatic heterocycles. The Balaban J connectivity index is 1.46. The minimum absolute atomic E-state index is 0.0596. The zero-order valence-electron chi connectivity index (χ0n) is 18.6. The van der Waals surface area contributed by atoms with Gasteiger partial charge in [-0.15, -0.1) is 0 Å². The number of carbonyl (C=O) groups is 1. The first kappa shape index (κ1) is 21.7. The van der Waals surface area contributed by atoms with Gasteiger partial charge in [0.2, 0.25) is 0 Å². The van der Waals surface area contributed by atoms with Gasteiger partial charge in [0.25, 0.3) is 0 Å². The Morgan fingerprint density at radius 1 is 1.12 bits per heavy atom. The predicted octanol–water partition coefficient (Wildman–Crippen LogP) is 4.47. The van der Waals surface area contributed by atoms with Crippen molar-refractivity contribution in [3.8, 4) is 11.3 Å². The first-order valence-corrected chi connectivity index (χ1v) is 10.9. The zero-order chi connectivity index (χ0) is 23.5. The molecule has 2 amide bonds. The highest BCUT2D eigenvalue weighted by molar-refractivity contribution is 6.00. The van der Waals surface area contributed by atoms with E-state index >= 15 is 0 Å². The van der Waals surface area contributed by atoms with Crippen LogP contribution >= 0.6 is 0 Å². The van der Waals surface area contributed by atoms with Gasteiger partial charge in [-0.2, -0.15) is 18.3 Å². The summed E-state index contributed by atoms with van der Waals surface area (Å²) in [5.41, 5.74) is 5.96. The molecule has 5 rings (SSSR count). The van der Waals surface area contributed by atoms with Gasteiger partial charge < -0.3 is 10.2 Å². The molecule has 33 heavy (non-hydrogen) atoms. The van der Waals surface area contributed by atoms with Crippen molar-refractivity contribution in [2.75, 3.05) is 25.0 Å². The summed E-state index contributed by atoms with van der Waals surface area (Å²) in [6.07, 6.45) is -4.25. The fourth-order valence-corrected chi connectivity index (χ4v) is 5.09. The Labute approximate surface area is 189 Å². The third kappa shape index (κ3) is 4.15. The third-order valence-corrected chi connectivity index (χ3v) is 6.44. The van der Waals surface area contributed by atoms with Crippen LogP contribution in [0.1, 0.15) is 23.9 Å². The maximum atomic E-state index is 12.9. The number of rotatable bonds is 3. The number of hydrogen-bond donors (Lipinski definition) is 2. The summed E-state index contributed by atoms with van der Waals surface area (Å²) in [6, 6.07) is 7.26. The van der Waals surface area contributed by atoms with Crippen molar-refractivity contribution in [2.24, 2.45) is 5.92 Å². The number of hydrogen-bond acceptors (Lipinski definition) is 4. The molecule has 0 radical (unpaired) electrons. The van der Waals surface area contributed by atoms with Gasteiger partial charge in [-0.25, -0.2) is 4.79 Å². The molecule has 2 unspecified atom stereocenters. The molecule has 1 aromatic carbocycles. The van der Waals surface area contributed by atoms with E-state index in [1.165, 1.54) is 4.90 Å². The lowest BCUT2D eigenvalue weighted by molar-refractivity contribution is -0.144. The van der Waals surface area contributed by atoms with E-state index in [4.69, 9.17) is 0 Å². The summed E-state index contributed by atoms with van der Waals surface area (Å²) in [7, 11) is 0. The quantitative estimate of drug-likeness (QED) is 0.607. The van der Waals surface area contributed by atoms with E-state index in [0.717, 1.165) is 39.1 Å². The molecule has 2 N–H and O–H groups in total. The minimum Gasteiger partial charge on any atom is -0.316 e. The number of carbonyl (C=O) groups excluding carboxylic acids is 1. The number of urea groups is 1. The number of aryl methyl sites for hydroxylation is 2. The van der Waals surface area contributed by atoms with Crippen LogP contribution in [0.25, 0.3) is 22.2 Å². The molecule has 0 aliphatic carbocycles. The Morgan fingerprint density at radius 3 is 2.55 bits per heavy atom. The van der Waals surface area contributed by atoms with E-state index in [1.54, 1.807) is 4.90 Å². The molecule has 7 nitrogen and oxygen atoms in total. The predicted molar refractivity (Wildman–Crippen MR) is 119 cm³/mol. The highest BCUT2D eigenvalue weighted by Crippen LogP contribution is 2.35. The number of amides is 2. The van der Waals surface area contributed by atoms with E-state index < -0.39 is 12.7 Å². The average Bonchev–Trinajstić information content (AvgIpc) is 3.26. The van der Waals surface area contributed by atoms with Gasteiger partial charge in [0, 0.05) is 47.7 Å². The number of alkyl halides is 3. The van der Waals surface area contributed by atoms with Crippen LogP contribution in [0.15, 0.2) is 24.3 Å². The summed E-state index contributed by atoms with van der Waals surface area (Å²) < 4.78 is 38.6. The Kier molecular flexibility index (Phi) is 5.08. The van der Waals surface area contributed by atoms with Crippen molar-refractivity contribution in [1.29, 1.82) is 0 Å². The summed E-state index contributed by atoms with van der Waals surface area (Å²) >= 11 is 0. The van der Waals surface area contributed by atoms with E-state index in [1.807, 2.05) is 45.0 Å². The number of nitrogens with one attached hydrogen (secondary N) is 2. The van der Waals surface area contributed by atoms with Crippen molar-refractivity contribution in [3.63, 3.8) is 0 Å². The highest BCUT2D eigenvalue weighted by Gasteiger charge is 2.42. The lowest BCUT2D eigenvalue weighted by Crippen LogP contribution is -2.48. The van der Waals surface area contributed by atoms with E-state index in [0.29, 0.717) is 18.8 Å². The molecule has 0 bridgehead atoms. The van der Waals surface area contributed by atoms with Crippen molar-refractivity contribution in [3.05, 3.63) is 41.2 Å². The second-order valence-electron chi connectivity index (χ2n) is 9.18. The maximum Gasteiger partial charge on any atom is 0.401 e. The molecule has 2 atom stereocenters. The molecule has 1 fully saturated rings. The highest BCUT2D eigenvalue weighted by atomic mass is 19.4. The number of nitrogens with zero attached hydrogens (tertiary/aromatic N) is 4. The molecular weight excluding hydrogens is 433 g/mol. The topological polar surface area (TPSA) is 77.2 Å². The van der Waals surface area contributed by atoms with Crippen molar-refractivity contribution in [1.82, 2.24) is 25.0 Å². The van der Waals surface area contributed by atoms with Gasteiger partial charge in [-0.1, -0.05) is 6.92 Å². The number of halogens is 3. The van der Waals surface area contributed by atoms with Crippen molar-refractivity contribution < 1.29 is 18.0 Å². The molecule has 3 aromatic rings. The summed E-state index contributed by atoms with van der Waals surface area (Å²) in [5.74, 6) is -0.0596. The second-order valence-corrected chi connectivity index (χ2v) is 9.18. The minimum atomic E-state index is -4.25. The molecule has 174 valence electrons. The maximum absolute atomic E-state index is 12.9. The van der Waals surface area contributed by atoms with Gasteiger partial charge >= 0.3 is 12.2 Å². The summed E-state index contributed by atoms with van der Waals surface area (Å²) in [6.45, 7) is 5.67. The number of aromatic nitrogens is 3. The third-order valence-electron chi connectivity index (χ3n) is 6.44. The first-order valence-electron chi connectivity index (χ1n) is 10.9. The Bertz CT molecular complexity index is 1220. The number of fused-ring (bicyclic) bond motifs is 2. The molecule has 0 spiro atoms. The van der Waals surface area contributed by atoms with Crippen LogP contribution in [0.3, 0.4) is 0 Å². The Hall–Kier alpha value is -3.14.